The molecule has 0 spiro atoms. The van der Waals surface area contributed by atoms with Gasteiger partial charge in [-0.2, -0.15) is 0 Å². The number of likely N-dealkylation sites (tertiary alicyclic amines) is 1. The van der Waals surface area contributed by atoms with Crippen LogP contribution in [0.25, 0.3) is 0 Å². The maximum atomic E-state index is 12.8. The number of amides is 3. The fraction of sp³-hybridized carbons (Fsp3) is 0.375. The number of hydrogen-bond acceptors (Lipinski definition) is 4. The summed E-state index contributed by atoms with van der Waals surface area (Å²) < 4.78 is 0. The minimum absolute atomic E-state index is 0.00114. The molecule has 2 aliphatic heterocycles. The first-order valence-electron chi connectivity index (χ1n) is 10.8. The quantitative estimate of drug-likeness (QED) is 0.742. The van der Waals surface area contributed by atoms with Crippen molar-refractivity contribution >= 4 is 23.4 Å². The summed E-state index contributed by atoms with van der Waals surface area (Å²) in [6.45, 7) is 2.84. The largest absolute Gasteiger partial charge is 0.360 e. The lowest BCUT2D eigenvalue weighted by Gasteiger charge is -2.28. The van der Waals surface area contributed by atoms with Crippen LogP contribution in [0.5, 0.6) is 0 Å². The second-order valence-corrected chi connectivity index (χ2v) is 8.06. The van der Waals surface area contributed by atoms with E-state index >= 15 is 0 Å². The summed E-state index contributed by atoms with van der Waals surface area (Å²) in [6, 6.07) is 17.1. The first-order chi connectivity index (χ1) is 15.1. The third-order valence-electron chi connectivity index (χ3n) is 5.88. The van der Waals surface area contributed by atoms with Crippen LogP contribution in [-0.2, 0) is 27.3 Å². The highest BCUT2D eigenvalue weighted by Crippen LogP contribution is 2.20. The molecule has 0 aromatic heterocycles. The lowest BCUT2D eigenvalue weighted by molar-refractivity contribution is -0.138. The Bertz CT molecular complexity index is 930. The number of nitrogens with zero attached hydrogens (tertiary/aromatic N) is 2. The van der Waals surface area contributed by atoms with Crippen LogP contribution in [0.1, 0.15) is 24.0 Å². The Balaban J connectivity index is 1.30. The maximum absolute atomic E-state index is 12.8. The Hall–Kier alpha value is -3.35. The Morgan fingerprint density at radius 1 is 1.00 bits per heavy atom. The lowest BCUT2D eigenvalue weighted by atomic mass is 10.1. The van der Waals surface area contributed by atoms with Crippen molar-refractivity contribution < 1.29 is 14.4 Å². The minimum Gasteiger partial charge on any atom is -0.360 e. The molecule has 0 bridgehead atoms. The lowest BCUT2D eigenvalue weighted by Crippen LogP contribution is -2.47. The van der Waals surface area contributed by atoms with E-state index in [-0.39, 0.29) is 17.7 Å². The number of rotatable bonds is 6. The molecule has 162 valence electrons. The molecule has 0 radical (unpaired) electrons. The van der Waals surface area contributed by atoms with Crippen LogP contribution < -0.4 is 15.5 Å². The van der Waals surface area contributed by atoms with Gasteiger partial charge < -0.3 is 20.4 Å². The monoisotopic (exact) mass is 420 g/mol. The van der Waals surface area contributed by atoms with Gasteiger partial charge in [0.15, 0.2) is 0 Å². The van der Waals surface area contributed by atoms with Crippen molar-refractivity contribution in [1.82, 2.24) is 15.5 Å². The minimum atomic E-state index is -0.401. The van der Waals surface area contributed by atoms with Crippen molar-refractivity contribution in [2.24, 2.45) is 0 Å². The van der Waals surface area contributed by atoms with Crippen LogP contribution in [0.3, 0.4) is 0 Å². The molecule has 3 amide bonds. The summed E-state index contributed by atoms with van der Waals surface area (Å²) in [5.41, 5.74) is 2.95. The van der Waals surface area contributed by atoms with E-state index in [9.17, 15) is 14.4 Å². The standard InChI is InChI=1S/C24H28N4O3/c29-22-17-27(14-12-25-22)20-10-8-19(9-11-20)16-26-24(31)21-7-4-13-28(21)23(30)15-18-5-2-1-3-6-18/h1-3,5-6,8-11,21H,4,7,12-17H2,(H,25,29)(H,26,31). The van der Waals surface area contributed by atoms with Gasteiger partial charge in [-0.1, -0.05) is 42.5 Å². The van der Waals surface area contributed by atoms with Crippen LogP contribution in [0.15, 0.2) is 54.6 Å². The smallest absolute Gasteiger partial charge is 0.243 e. The van der Waals surface area contributed by atoms with Crippen LogP contribution >= 0.6 is 0 Å². The molecule has 1 atom stereocenters. The van der Waals surface area contributed by atoms with Gasteiger partial charge in [0.25, 0.3) is 0 Å². The number of anilines is 1. The average molecular weight is 421 g/mol. The Labute approximate surface area is 182 Å². The Morgan fingerprint density at radius 3 is 2.52 bits per heavy atom. The molecule has 0 saturated carbocycles. The molecule has 31 heavy (non-hydrogen) atoms. The van der Waals surface area contributed by atoms with Crippen LogP contribution in [0.2, 0.25) is 0 Å². The molecule has 2 saturated heterocycles. The van der Waals surface area contributed by atoms with Gasteiger partial charge in [0.2, 0.25) is 17.7 Å². The highest BCUT2D eigenvalue weighted by Gasteiger charge is 2.33. The molecule has 2 N–H and O–H groups in total. The van der Waals surface area contributed by atoms with E-state index in [1.165, 1.54) is 0 Å². The third-order valence-corrected chi connectivity index (χ3v) is 5.88. The normalized spacial score (nSPS) is 18.6. The Kier molecular flexibility index (Phi) is 6.50. The number of carbonyl (C=O) groups is 3. The number of benzene rings is 2. The van der Waals surface area contributed by atoms with E-state index in [1.807, 2.05) is 59.5 Å². The summed E-state index contributed by atoms with van der Waals surface area (Å²) >= 11 is 0. The van der Waals surface area contributed by atoms with E-state index in [0.717, 1.165) is 29.8 Å². The van der Waals surface area contributed by atoms with E-state index in [1.54, 1.807) is 4.90 Å². The molecular formula is C24H28N4O3. The zero-order chi connectivity index (χ0) is 21.6. The zero-order valence-electron chi connectivity index (χ0n) is 17.5. The van der Waals surface area contributed by atoms with Crippen LogP contribution in [0, 0.1) is 0 Å². The molecule has 2 heterocycles. The fourth-order valence-corrected chi connectivity index (χ4v) is 4.20. The molecule has 7 heteroatoms. The van der Waals surface area contributed by atoms with Crippen molar-refractivity contribution in [3.63, 3.8) is 0 Å². The number of nitrogens with one attached hydrogen (secondary N) is 2. The van der Waals surface area contributed by atoms with E-state index in [0.29, 0.717) is 39.0 Å². The summed E-state index contributed by atoms with van der Waals surface area (Å²) in [5.74, 6) is -0.0695. The summed E-state index contributed by atoms with van der Waals surface area (Å²) in [6.07, 6.45) is 1.86. The predicted octanol–water partition coefficient (Wildman–Crippen LogP) is 1.47. The van der Waals surface area contributed by atoms with Crippen LogP contribution in [-0.4, -0.2) is 54.8 Å². The van der Waals surface area contributed by atoms with Gasteiger partial charge in [-0.05, 0) is 36.1 Å². The van der Waals surface area contributed by atoms with Crippen molar-refractivity contribution in [3.05, 3.63) is 65.7 Å². The highest BCUT2D eigenvalue weighted by atomic mass is 16.2. The molecule has 2 aromatic carbocycles. The van der Waals surface area contributed by atoms with Crippen molar-refractivity contribution in [3.8, 4) is 0 Å². The molecule has 1 unspecified atom stereocenters. The molecule has 0 aliphatic carbocycles. The first kappa shape index (κ1) is 20.9. The first-order valence-corrected chi connectivity index (χ1v) is 10.8. The van der Waals surface area contributed by atoms with E-state index in [2.05, 4.69) is 10.6 Å². The van der Waals surface area contributed by atoms with Gasteiger partial charge in [0, 0.05) is 31.9 Å². The van der Waals surface area contributed by atoms with Crippen LogP contribution in [0.4, 0.5) is 5.69 Å². The van der Waals surface area contributed by atoms with Gasteiger partial charge in [0.1, 0.15) is 6.04 Å². The van der Waals surface area contributed by atoms with E-state index < -0.39 is 6.04 Å². The summed E-state index contributed by atoms with van der Waals surface area (Å²) in [4.78, 5) is 40.8. The topological polar surface area (TPSA) is 81.8 Å². The third kappa shape index (κ3) is 5.23. The average Bonchev–Trinajstić information content (AvgIpc) is 3.29. The van der Waals surface area contributed by atoms with Gasteiger partial charge >= 0.3 is 0 Å². The predicted molar refractivity (Wildman–Crippen MR) is 118 cm³/mol. The number of piperazine rings is 1. The van der Waals surface area contributed by atoms with Gasteiger partial charge in [-0.15, -0.1) is 0 Å². The maximum Gasteiger partial charge on any atom is 0.243 e. The number of carbonyl (C=O) groups excluding carboxylic acids is 3. The Morgan fingerprint density at radius 2 is 1.77 bits per heavy atom. The second kappa shape index (κ2) is 9.64. The summed E-state index contributed by atoms with van der Waals surface area (Å²) in [5, 5.41) is 5.81. The van der Waals surface area contributed by atoms with Gasteiger partial charge in [0.05, 0.1) is 13.0 Å². The molecule has 2 aromatic rings. The second-order valence-electron chi connectivity index (χ2n) is 8.06. The van der Waals surface area contributed by atoms with Crippen molar-refractivity contribution in [2.45, 2.75) is 31.8 Å². The zero-order valence-corrected chi connectivity index (χ0v) is 17.5. The molecule has 2 fully saturated rings. The van der Waals surface area contributed by atoms with Crippen molar-refractivity contribution in [1.29, 1.82) is 0 Å². The highest BCUT2D eigenvalue weighted by molar-refractivity contribution is 5.89. The SMILES string of the molecule is O=C1CN(c2ccc(CNC(=O)C3CCCN3C(=O)Cc3ccccc3)cc2)CCN1. The van der Waals surface area contributed by atoms with E-state index in [4.69, 9.17) is 0 Å². The molecular weight excluding hydrogens is 392 g/mol. The number of hydrogen-bond donors (Lipinski definition) is 2. The molecule has 4 rings (SSSR count). The molecule has 7 nitrogen and oxygen atoms in total. The summed E-state index contributed by atoms with van der Waals surface area (Å²) in [7, 11) is 0. The molecule has 2 aliphatic rings. The van der Waals surface area contributed by atoms with Crippen molar-refractivity contribution in [2.75, 3.05) is 31.1 Å². The van der Waals surface area contributed by atoms with Gasteiger partial charge in [-0.25, -0.2) is 0 Å². The fourth-order valence-electron chi connectivity index (χ4n) is 4.20. The van der Waals surface area contributed by atoms with Gasteiger partial charge in [-0.3, -0.25) is 14.4 Å².